The van der Waals surface area contributed by atoms with E-state index < -0.39 is 4.92 Å². The van der Waals surface area contributed by atoms with Crippen LogP contribution in [0.4, 0.5) is 5.69 Å². The summed E-state index contributed by atoms with van der Waals surface area (Å²) in [6, 6.07) is 1.59. The van der Waals surface area contributed by atoms with E-state index in [1.54, 1.807) is 19.9 Å². The van der Waals surface area contributed by atoms with Gasteiger partial charge in [-0.1, -0.05) is 0 Å². The second-order valence-electron chi connectivity index (χ2n) is 3.49. The highest BCUT2D eigenvalue weighted by molar-refractivity contribution is 5.82. The van der Waals surface area contributed by atoms with Gasteiger partial charge >= 0.3 is 0 Å². The zero-order chi connectivity index (χ0) is 11.6. The first kappa shape index (κ1) is 11.3. The normalized spacial score (nSPS) is 12.2. The molecule has 0 N–H and O–H groups in total. The zero-order valence-electron chi connectivity index (χ0n) is 8.85. The number of aromatic nitrogens is 1. The summed E-state index contributed by atoms with van der Waals surface area (Å²) in [6.45, 7) is 4.84. The van der Waals surface area contributed by atoms with Crippen LogP contribution < -0.4 is 0 Å². The molecule has 0 aromatic carbocycles. The number of nitro groups is 1. The number of nitrogens with zero attached hydrogens (tertiary/aromatic N) is 2. The Balaban J connectivity index is 3.12. The molecule has 0 fully saturated rings. The van der Waals surface area contributed by atoms with Crippen LogP contribution in [0.25, 0.3) is 0 Å². The number of ketones is 1. The number of pyridine rings is 1. The molecule has 1 unspecified atom stereocenters. The van der Waals surface area contributed by atoms with Gasteiger partial charge < -0.3 is 0 Å². The van der Waals surface area contributed by atoms with Crippen LogP contribution in [-0.4, -0.2) is 15.7 Å². The number of aryl methyl sites for hydroxylation is 1. The van der Waals surface area contributed by atoms with Crippen LogP contribution in [0.3, 0.4) is 0 Å². The van der Waals surface area contributed by atoms with Crippen molar-refractivity contribution in [2.75, 3.05) is 0 Å². The Bertz CT molecular complexity index is 415. The molecule has 0 saturated heterocycles. The maximum absolute atomic E-state index is 11.1. The monoisotopic (exact) mass is 208 g/mol. The first-order valence-corrected chi connectivity index (χ1v) is 4.55. The van der Waals surface area contributed by atoms with Gasteiger partial charge in [0.2, 0.25) is 0 Å². The van der Waals surface area contributed by atoms with Crippen molar-refractivity contribution in [2.24, 2.45) is 0 Å². The van der Waals surface area contributed by atoms with Crippen molar-refractivity contribution in [3.8, 4) is 0 Å². The van der Waals surface area contributed by atoms with E-state index in [4.69, 9.17) is 0 Å². The van der Waals surface area contributed by atoms with Gasteiger partial charge in [0.1, 0.15) is 12.0 Å². The van der Waals surface area contributed by atoms with Crippen molar-refractivity contribution in [2.45, 2.75) is 26.7 Å². The van der Waals surface area contributed by atoms with Gasteiger partial charge in [0.05, 0.1) is 16.5 Å². The summed E-state index contributed by atoms with van der Waals surface area (Å²) in [7, 11) is 0. The lowest BCUT2D eigenvalue weighted by molar-refractivity contribution is -0.385. The lowest BCUT2D eigenvalue weighted by Gasteiger charge is -2.07. The van der Waals surface area contributed by atoms with Crippen LogP contribution in [0, 0.1) is 17.0 Å². The van der Waals surface area contributed by atoms with Crippen LogP contribution in [0.5, 0.6) is 0 Å². The van der Waals surface area contributed by atoms with Crippen molar-refractivity contribution < 1.29 is 9.72 Å². The number of hydrogen-bond donors (Lipinski definition) is 0. The molecule has 0 aliphatic heterocycles. The van der Waals surface area contributed by atoms with E-state index in [0.29, 0.717) is 11.3 Å². The number of Topliss-reactive ketones (excluding diaryl/α,β-unsaturated/α-hetero) is 1. The summed E-state index contributed by atoms with van der Waals surface area (Å²) in [5.74, 6) is -0.319. The van der Waals surface area contributed by atoms with Crippen LogP contribution in [0.1, 0.15) is 31.0 Å². The van der Waals surface area contributed by atoms with E-state index in [1.165, 1.54) is 13.1 Å². The second-order valence-corrected chi connectivity index (χ2v) is 3.49. The highest BCUT2D eigenvalue weighted by Gasteiger charge is 2.16. The molecule has 15 heavy (non-hydrogen) atoms. The van der Waals surface area contributed by atoms with Crippen LogP contribution in [0.15, 0.2) is 12.3 Å². The molecule has 0 bridgehead atoms. The van der Waals surface area contributed by atoms with Gasteiger partial charge in [-0.25, -0.2) is 0 Å². The Hall–Kier alpha value is -1.78. The van der Waals surface area contributed by atoms with Crippen molar-refractivity contribution in [3.63, 3.8) is 0 Å². The van der Waals surface area contributed by atoms with Gasteiger partial charge in [-0.15, -0.1) is 0 Å². The molecule has 1 aromatic rings. The van der Waals surface area contributed by atoms with Gasteiger partial charge in [-0.05, 0) is 26.8 Å². The smallest absolute Gasteiger partial charge is 0.290 e. The molecule has 80 valence electrons. The first-order chi connectivity index (χ1) is 6.93. The largest absolute Gasteiger partial charge is 0.299 e. The molecule has 1 heterocycles. The fourth-order valence-corrected chi connectivity index (χ4v) is 1.21. The third-order valence-corrected chi connectivity index (χ3v) is 2.35. The summed E-state index contributed by atoms with van der Waals surface area (Å²) < 4.78 is 0. The molecule has 5 nitrogen and oxygen atoms in total. The minimum atomic E-state index is -0.482. The topological polar surface area (TPSA) is 73.1 Å². The molecule has 0 radical (unpaired) electrons. The Labute approximate surface area is 87.3 Å². The maximum atomic E-state index is 11.1. The summed E-state index contributed by atoms with van der Waals surface area (Å²) >= 11 is 0. The third kappa shape index (κ3) is 2.37. The fraction of sp³-hybridized carbons (Fsp3) is 0.400. The Kier molecular flexibility index (Phi) is 3.14. The van der Waals surface area contributed by atoms with Crippen molar-refractivity contribution in [3.05, 3.63) is 33.6 Å². The predicted octanol–water partition coefficient (Wildman–Crippen LogP) is 1.99. The third-order valence-electron chi connectivity index (χ3n) is 2.35. The van der Waals surface area contributed by atoms with Crippen LogP contribution in [0.2, 0.25) is 0 Å². The lowest BCUT2D eigenvalue weighted by atomic mass is 10.0. The van der Waals surface area contributed by atoms with E-state index in [-0.39, 0.29) is 17.4 Å². The average molecular weight is 208 g/mol. The predicted molar refractivity (Wildman–Crippen MR) is 54.7 cm³/mol. The molecule has 0 aliphatic carbocycles. The summed E-state index contributed by atoms with van der Waals surface area (Å²) in [5, 5.41) is 10.5. The molecule has 0 spiro atoms. The van der Waals surface area contributed by atoms with Crippen LogP contribution >= 0.6 is 0 Å². The standard InChI is InChI=1S/C10H12N2O3/c1-6-4-9(7(2)8(3)13)11-5-10(6)12(14)15/h4-5,7H,1-3H3. The molecule has 0 amide bonds. The average Bonchev–Trinajstić information content (AvgIpc) is 2.15. The van der Waals surface area contributed by atoms with Gasteiger partial charge in [0.25, 0.3) is 5.69 Å². The van der Waals surface area contributed by atoms with Crippen molar-refractivity contribution in [1.29, 1.82) is 0 Å². The quantitative estimate of drug-likeness (QED) is 0.562. The molecule has 1 rings (SSSR count). The molecular weight excluding hydrogens is 196 g/mol. The van der Waals surface area contributed by atoms with Gasteiger partial charge in [-0.2, -0.15) is 0 Å². The lowest BCUT2D eigenvalue weighted by Crippen LogP contribution is -2.07. The van der Waals surface area contributed by atoms with E-state index in [0.717, 1.165) is 0 Å². The SMILES string of the molecule is CC(=O)C(C)c1cc(C)c([N+](=O)[O-])cn1. The number of carbonyl (C=O) groups excluding carboxylic acids is 1. The molecule has 1 aromatic heterocycles. The second kappa shape index (κ2) is 4.16. The highest BCUT2D eigenvalue weighted by atomic mass is 16.6. The zero-order valence-corrected chi connectivity index (χ0v) is 8.85. The van der Waals surface area contributed by atoms with E-state index in [1.807, 2.05) is 0 Å². The van der Waals surface area contributed by atoms with Gasteiger partial charge in [0, 0.05) is 5.56 Å². The Morgan fingerprint density at radius 1 is 1.60 bits per heavy atom. The fourth-order valence-electron chi connectivity index (χ4n) is 1.21. The van der Waals surface area contributed by atoms with E-state index >= 15 is 0 Å². The summed E-state index contributed by atoms with van der Waals surface area (Å²) in [6.07, 6.45) is 1.20. The number of hydrogen-bond acceptors (Lipinski definition) is 4. The molecular formula is C10H12N2O3. The highest BCUT2D eigenvalue weighted by Crippen LogP contribution is 2.21. The van der Waals surface area contributed by atoms with Gasteiger partial charge in [-0.3, -0.25) is 19.9 Å². The number of carbonyl (C=O) groups is 1. The summed E-state index contributed by atoms with van der Waals surface area (Å²) in [5.41, 5.74) is 1.08. The Morgan fingerprint density at radius 3 is 2.60 bits per heavy atom. The first-order valence-electron chi connectivity index (χ1n) is 4.55. The number of rotatable bonds is 3. The molecule has 5 heteroatoms. The van der Waals surface area contributed by atoms with E-state index in [2.05, 4.69) is 4.98 Å². The maximum Gasteiger partial charge on any atom is 0.290 e. The van der Waals surface area contributed by atoms with Crippen molar-refractivity contribution in [1.82, 2.24) is 4.98 Å². The van der Waals surface area contributed by atoms with E-state index in [9.17, 15) is 14.9 Å². The minimum Gasteiger partial charge on any atom is -0.299 e. The van der Waals surface area contributed by atoms with Crippen molar-refractivity contribution >= 4 is 11.5 Å². The molecule has 0 aliphatic rings. The van der Waals surface area contributed by atoms with Crippen LogP contribution in [-0.2, 0) is 4.79 Å². The molecule has 0 saturated carbocycles. The van der Waals surface area contributed by atoms with Gasteiger partial charge in [0.15, 0.2) is 0 Å². The summed E-state index contributed by atoms with van der Waals surface area (Å²) in [4.78, 5) is 25.1. The Morgan fingerprint density at radius 2 is 2.20 bits per heavy atom. The molecule has 1 atom stereocenters. The minimum absolute atomic E-state index is 0.00393.